The van der Waals surface area contributed by atoms with Gasteiger partial charge >= 0.3 is 0 Å². The first kappa shape index (κ1) is 17.4. The maximum absolute atomic E-state index is 9.84. The van der Waals surface area contributed by atoms with E-state index in [0.717, 1.165) is 42.3 Å². The van der Waals surface area contributed by atoms with Crippen LogP contribution in [-0.2, 0) is 4.79 Å². The summed E-state index contributed by atoms with van der Waals surface area (Å²) in [6.45, 7) is 0.754. The van der Waals surface area contributed by atoms with E-state index < -0.39 is 0 Å². The van der Waals surface area contributed by atoms with Crippen LogP contribution in [0, 0.1) is 11.5 Å². The SMILES string of the molecule is CN(C#N)CCCCC=O.COc1cccc2ncccc12. The summed E-state index contributed by atoms with van der Waals surface area (Å²) in [7, 11) is 3.41. The van der Waals surface area contributed by atoms with Gasteiger partial charge in [-0.15, -0.1) is 0 Å². The van der Waals surface area contributed by atoms with Crippen LogP contribution in [0.2, 0.25) is 0 Å². The molecule has 1 aromatic carbocycles. The molecule has 1 aromatic heterocycles. The number of fused-ring (bicyclic) bond motifs is 1. The minimum absolute atomic E-state index is 0.610. The molecule has 116 valence electrons. The summed E-state index contributed by atoms with van der Waals surface area (Å²) in [5, 5.41) is 9.36. The molecule has 0 bridgehead atoms. The predicted molar refractivity (Wildman–Crippen MR) is 86.5 cm³/mol. The van der Waals surface area contributed by atoms with Crippen molar-refractivity contribution >= 4 is 17.2 Å². The van der Waals surface area contributed by atoms with Crippen molar-refractivity contribution in [1.29, 1.82) is 5.26 Å². The molecule has 0 spiro atoms. The van der Waals surface area contributed by atoms with Crippen LogP contribution < -0.4 is 4.74 Å². The lowest BCUT2D eigenvalue weighted by atomic mass is 10.2. The Kier molecular flexibility index (Phi) is 8.06. The minimum Gasteiger partial charge on any atom is -0.496 e. The van der Waals surface area contributed by atoms with Crippen LogP contribution >= 0.6 is 0 Å². The van der Waals surface area contributed by atoms with Crippen molar-refractivity contribution < 1.29 is 9.53 Å². The number of hydrogen-bond acceptors (Lipinski definition) is 5. The Morgan fingerprint density at radius 3 is 2.82 bits per heavy atom. The molecule has 22 heavy (non-hydrogen) atoms. The molecule has 5 nitrogen and oxygen atoms in total. The zero-order valence-electron chi connectivity index (χ0n) is 13.0. The molecule has 0 fully saturated rings. The van der Waals surface area contributed by atoms with Gasteiger partial charge in [-0.25, -0.2) is 0 Å². The Hall–Kier alpha value is -2.61. The number of benzene rings is 1. The quantitative estimate of drug-likeness (QED) is 0.355. The second kappa shape index (κ2) is 10.2. The lowest BCUT2D eigenvalue weighted by Crippen LogP contribution is -2.12. The number of nitrogens with zero attached hydrogens (tertiary/aromatic N) is 3. The third-order valence-corrected chi connectivity index (χ3v) is 3.06. The molecule has 0 N–H and O–H groups in total. The normalized spacial score (nSPS) is 9.32. The summed E-state index contributed by atoms with van der Waals surface area (Å²) in [4.78, 5) is 15.6. The second-order valence-corrected chi connectivity index (χ2v) is 4.71. The molecule has 5 heteroatoms. The molecule has 0 atom stereocenters. The largest absolute Gasteiger partial charge is 0.496 e. The highest BCUT2D eigenvalue weighted by molar-refractivity contribution is 5.84. The number of aldehydes is 1. The predicted octanol–water partition coefficient (Wildman–Crippen LogP) is 3.01. The monoisotopic (exact) mass is 299 g/mol. The highest BCUT2D eigenvalue weighted by Gasteiger charge is 1.98. The van der Waals surface area contributed by atoms with Gasteiger partial charge in [-0.05, 0) is 37.1 Å². The van der Waals surface area contributed by atoms with Crippen molar-refractivity contribution in [3.63, 3.8) is 0 Å². The van der Waals surface area contributed by atoms with Crippen molar-refractivity contribution in [3.05, 3.63) is 36.5 Å². The molecule has 2 aromatic rings. The van der Waals surface area contributed by atoms with E-state index in [1.54, 1.807) is 25.3 Å². The maximum atomic E-state index is 9.84. The van der Waals surface area contributed by atoms with Crippen LogP contribution in [0.5, 0.6) is 5.75 Å². The van der Waals surface area contributed by atoms with Crippen molar-refractivity contribution in [2.24, 2.45) is 0 Å². The van der Waals surface area contributed by atoms with Crippen LogP contribution in [0.3, 0.4) is 0 Å². The maximum Gasteiger partial charge on any atom is 0.179 e. The van der Waals surface area contributed by atoms with E-state index in [2.05, 4.69) is 4.98 Å². The zero-order valence-corrected chi connectivity index (χ0v) is 13.0. The van der Waals surface area contributed by atoms with Gasteiger partial charge in [0.25, 0.3) is 0 Å². The number of rotatable bonds is 6. The molecule has 0 saturated heterocycles. The average molecular weight is 299 g/mol. The number of carbonyl (C=O) groups is 1. The summed E-state index contributed by atoms with van der Waals surface area (Å²) in [6, 6.07) is 9.75. The molecule has 1 heterocycles. The van der Waals surface area contributed by atoms with Crippen molar-refractivity contribution in [1.82, 2.24) is 9.88 Å². The van der Waals surface area contributed by atoms with Gasteiger partial charge in [0.1, 0.15) is 12.0 Å². The second-order valence-electron chi connectivity index (χ2n) is 4.71. The standard InChI is InChI=1S/C10H9NO.C7H12N2O/c1-12-10-6-2-5-9-8(10)4-3-7-11-9;1-9(7-8)5-3-2-4-6-10/h2-7H,1H3;6H,2-5H2,1H3. The third-order valence-electron chi connectivity index (χ3n) is 3.06. The van der Waals surface area contributed by atoms with Gasteiger partial charge in [-0.3, -0.25) is 4.98 Å². The van der Waals surface area contributed by atoms with Crippen molar-refractivity contribution in [3.8, 4) is 11.9 Å². The Morgan fingerprint density at radius 2 is 2.14 bits per heavy atom. The van der Waals surface area contributed by atoms with Gasteiger partial charge in [0.2, 0.25) is 0 Å². The van der Waals surface area contributed by atoms with Gasteiger partial charge in [0.05, 0.1) is 12.6 Å². The van der Waals surface area contributed by atoms with E-state index in [-0.39, 0.29) is 0 Å². The van der Waals surface area contributed by atoms with E-state index in [1.165, 1.54) is 0 Å². The molecule has 0 aliphatic rings. The topological polar surface area (TPSA) is 66.2 Å². The van der Waals surface area contributed by atoms with Crippen LogP contribution in [0.25, 0.3) is 10.9 Å². The number of nitriles is 1. The number of aromatic nitrogens is 1. The smallest absolute Gasteiger partial charge is 0.179 e. The summed E-state index contributed by atoms with van der Waals surface area (Å²) in [6.07, 6.45) is 7.09. The lowest BCUT2D eigenvalue weighted by Gasteiger charge is -2.05. The van der Waals surface area contributed by atoms with Crippen molar-refractivity contribution in [2.75, 3.05) is 20.7 Å². The number of ether oxygens (including phenoxy) is 1. The Labute approximate surface area is 131 Å². The Balaban J connectivity index is 0.000000225. The summed E-state index contributed by atoms with van der Waals surface area (Å²) in [5.74, 6) is 0.876. The van der Waals surface area contributed by atoms with E-state index in [4.69, 9.17) is 10.00 Å². The number of carbonyl (C=O) groups excluding carboxylic acids is 1. The molecule has 0 amide bonds. The van der Waals surface area contributed by atoms with Crippen LogP contribution in [0.15, 0.2) is 36.5 Å². The van der Waals surface area contributed by atoms with Gasteiger partial charge in [-0.2, -0.15) is 5.26 Å². The highest BCUT2D eigenvalue weighted by atomic mass is 16.5. The van der Waals surface area contributed by atoms with Gasteiger partial charge < -0.3 is 14.4 Å². The zero-order chi connectivity index (χ0) is 16.2. The van der Waals surface area contributed by atoms with Crippen LogP contribution in [0.1, 0.15) is 19.3 Å². The first-order valence-electron chi connectivity index (χ1n) is 7.15. The molecular formula is C17H21N3O2. The number of unbranched alkanes of at least 4 members (excludes halogenated alkanes) is 2. The third kappa shape index (κ3) is 5.80. The molecule has 0 radical (unpaired) electrons. The summed E-state index contributed by atoms with van der Waals surface area (Å²) < 4.78 is 5.19. The van der Waals surface area contributed by atoms with Crippen molar-refractivity contribution in [2.45, 2.75) is 19.3 Å². The van der Waals surface area contributed by atoms with E-state index in [0.29, 0.717) is 6.42 Å². The van der Waals surface area contributed by atoms with E-state index in [1.807, 2.05) is 36.5 Å². The van der Waals surface area contributed by atoms with Crippen LogP contribution in [0.4, 0.5) is 0 Å². The van der Waals surface area contributed by atoms with E-state index >= 15 is 0 Å². The molecule has 0 unspecified atom stereocenters. The number of hydrogen-bond donors (Lipinski definition) is 0. The minimum atomic E-state index is 0.610. The lowest BCUT2D eigenvalue weighted by molar-refractivity contribution is -0.107. The van der Waals surface area contributed by atoms with Gasteiger partial charge in [0, 0.05) is 31.6 Å². The van der Waals surface area contributed by atoms with Gasteiger partial charge in [-0.1, -0.05) is 6.07 Å². The average Bonchev–Trinajstić information content (AvgIpc) is 2.58. The highest BCUT2D eigenvalue weighted by Crippen LogP contribution is 2.22. The summed E-state index contributed by atoms with van der Waals surface area (Å²) >= 11 is 0. The fraction of sp³-hybridized carbons (Fsp3) is 0.353. The number of methoxy groups -OCH3 is 1. The first-order chi connectivity index (χ1) is 10.7. The van der Waals surface area contributed by atoms with E-state index in [9.17, 15) is 4.79 Å². The van der Waals surface area contributed by atoms with Crippen LogP contribution in [-0.4, -0.2) is 36.9 Å². The fourth-order valence-corrected chi connectivity index (χ4v) is 1.88. The molecule has 2 rings (SSSR count). The summed E-state index contributed by atoms with van der Waals surface area (Å²) in [5.41, 5.74) is 0.969. The van der Waals surface area contributed by atoms with Gasteiger partial charge in [0.15, 0.2) is 6.19 Å². The first-order valence-corrected chi connectivity index (χ1v) is 7.15. The fourth-order valence-electron chi connectivity index (χ4n) is 1.88. The number of pyridine rings is 1. The molecule has 0 saturated carbocycles. The molecule has 0 aliphatic carbocycles. The Morgan fingerprint density at radius 1 is 1.32 bits per heavy atom. The molecule has 0 aliphatic heterocycles. The molecular weight excluding hydrogens is 278 g/mol. The Bertz CT molecular complexity index is 617.